The van der Waals surface area contributed by atoms with Gasteiger partial charge in [-0.05, 0) is 55.7 Å². The van der Waals surface area contributed by atoms with Gasteiger partial charge in [-0.1, -0.05) is 41.2 Å². The zero-order valence-corrected chi connectivity index (χ0v) is 21.3. The number of anilines is 1. The fraction of sp³-hybridized carbons (Fsp3) is 0.269. The number of halogens is 1. The van der Waals surface area contributed by atoms with Gasteiger partial charge in [0, 0.05) is 25.5 Å². The Bertz CT molecular complexity index is 1490. The van der Waals surface area contributed by atoms with Crippen LogP contribution >= 0.6 is 11.3 Å². The first-order valence-electron chi connectivity index (χ1n) is 11.6. The molecular formula is C26H25FN4O3S2. The second-order valence-electron chi connectivity index (χ2n) is 8.88. The molecule has 1 aliphatic rings. The number of amides is 1. The molecule has 2 aromatic carbocycles. The first-order valence-corrected chi connectivity index (χ1v) is 13.9. The van der Waals surface area contributed by atoms with Gasteiger partial charge in [0.25, 0.3) is 0 Å². The number of sulfonamides is 1. The number of benzene rings is 2. The van der Waals surface area contributed by atoms with Crippen LogP contribution in [0.3, 0.4) is 0 Å². The Morgan fingerprint density at radius 1 is 1.17 bits per heavy atom. The molecule has 4 aromatic rings. The Morgan fingerprint density at radius 2 is 1.97 bits per heavy atom. The number of aromatic nitrogens is 2. The lowest BCUT2D eigenvalue weighted by molar-refractivity contribution is -0.123. The molecule has 3 heterocycles. The zero-order valence-electron chi connectivity index (χ0n) is 19.7. The monoisotopic (exact) mass is 524 g/mol. The highest BCUT2D eigenvalue weighted by Gasteiger charge is 2.36. The van der Waals surface area contributed by atoms with Gasteiger partial charge in [0.1, 0.15) is 11.3 Å². The minimum atomic E-state index is -3.73. The molecule has 1 aliphatic heterocycles. The van der Waals surface area contributed by atoms with E-state index in [9.17, 15) is 17.6 Å². The van der Waals surface area contributed by atoms with Crippen LogP contribution in [-0.4, -0.2) is 41.7 Å². The minimum Gasteiger partial charge on any atom is -0.283 e. The zero-order chi connectivity index (χ0) is 25.3. The van der Waals surface area contributed by atoms with Gasteiger partial charge < -0.3 is 0 Å². The number of hydrogen-bond donors (Lipinski definition) is 0. The first-order chi connectivity index (χ1) is 17.3. The summed E-state index contributed by atoms with van der Waals surface area (Å²) in [7, 11) is -3.73. The van der Waals surface area contributed by atoms with Crippen LogP contribution in [0.15, 0.2) is 71.9 Å². The van der Waals surface area contributed by atoms with Crippen molar-refractivity contribution in [1.82, 2.24) is 14.3 Å². The van der Waals surface area contributed by atoms with Gasteiger partial charge in [0.05, 0.1) is 22.1 Å². The molecule has 1 saturated heterocycles. The van der Waals surface area contributed by atoms with E-state index in [4.69, 9.17) is 0 Å². The topological polar surface area (TPSA) is 83.5 Å². The quantitative estimate of drug-likeness (QED) is 0.363. The number of thiazole rings is 1. The number of rotatable bonds is 6. The van der Waals surface area contributed by atoms with Gasteiger partial charge in [0.2, 0.25) is 15.9 Å². The molecule has 36 heavy (non-hydrogen) atoms. The van der Waals surface area contributed by atoms with E-state index in [1.54, 1.807) is 54.9 Å². The summed E-state index contributed by atoms with van der Waals surface area (Å²) >= 11 is 1.24. The smallest absolute Gasteiger partial charge is 0.243 e. The molecule has 0 N–H and O–H groups in total. The molecule has 0 bridgehead atoms. The molecule has 0 spiro atoms. The number of piperidine rings is 1. The van der Waals surface area contributed by atoms with Gasteiger partial charge in [-0.25, -0.2) is 17.8 Å². The lowest BCUT2D eigenvalue weighted by atomic mass is 9.98. The second-order valence-corrected chi connectivity index (χ2v) is 11.8. The Morgan fingerprint density at radius 3 is 2.69 bits per heavy atom. The van der Waals surface area contributed by atoms with Crippen LogP contribution in [0.25, 0.3) is 10.2 Å². The van der Waals surface area contributed by atoms with Crippen molar-refractivity contribution in [3.63, 3.8) is 0 Å². The molecule has 1 amide bonds. The Balaban J connectivity index is 1.45. The molecular weight excluding hydrogens is 499 g/mol. The third-order valence-electron chi connectivity index (χ3n) is 6.31. The van der Waals surface area contributed by atoms with Crippen molar-refractivity contribution in [3.8, 4) is 0 Å². The van der Waals surface area contributed by atoms with Crippen molar-refractivity contribution in [2.75, 3.05) is 18.0 Å². The van der Waals surface area contributed by atoms with Crippen molar-refractivity contribution in [2.45, 2.75) is 31.2 Å². The van der Waals surface area contributed by atoms with Crippen LogP contribution in [0.2, 0.25) is 0 Å². The summed E-state index contributed by atoms with van der Waals surface area (Å²) in [5, 5.41) is 0.377. The molecule has 5 rings (SSSR count). The predicted octanol–water partition coefficient (Wildman–Crippen LogP) is 4.77. The van der Waals surface area contributed by atoms with Gasteiger partial charge in [-0.3, -0.25) is 14.7 Å². The molecule has 10 heteroatoms. The fourth-order valence-corrected chi connectivity index (χ4v) is 6.88. The van der Waals surface area contributed by atoms with Crippen molar-refractivity contribution in [3.05, 3.63) is 83.9 Å². The van der Waals surface area contributed by atoms with Gasteiger partial charge in [-0.2, -0.15) is 4.31 Å². The number of carbonyl (C=O) groups is 1. The maximum absolute atomic E-state index is 14.4. The second kappa shape index (κ2) is 10.0. The van der Waals surface area contributed by atoms with E-state index < -0.39 is 21.8 Å². The maximum Gasteiger partial charge on any atom is 0.243 e. The van der Waals surface area contributed by atoms with E-state index in [2.05, 4.69) is 9.97 Å². The lowest BCUT2D eigenvalue weighted by Crippen LogP contribution is -2.46. The number of carbonyl (C=O) groups excluding carboxylic acids is 1. The van der Waals surface area contributed by atoms with E-state index >= 15 is 0 Å². The van der Waals surface area contributed by atoms with Crippen LogP contribution in [0, 0.1) is 18.7 Å². The normalized spacial score (nSPS) is 16.8. The average Bonchev–Trinajstić information content (AvgIpc) is 3.33. The SMILES string of the molecule is Cc1ccc(S(=O)(=O)N2CCCC(C(=O)N(Cc3cccnc3)c3nc4c(F)cccc4s3)C2)cc1. The highest BCUT2D eigenvalue weighted by atomic mass is 32.2. The number of fused-ring (bicyclic) bond motifs is 1. The largest absolute Gasteiger partial charge is 0.283 e. The summed E-state index contributed by atoms with van der Waals surface area (Å²) in [5.41, 5.74) is 1.98. The molecule has 1 atom stereocenters. The highest BCUT2D eigenvalue weighted by molar-refractivity contribution is 7.89. The Labute approximate surface area is 213 Å². The molecule has 1 fully saturated rings. The van der Waals surface area contributed by atoms with Gasteiger partial charge in [0.15, 0.2) is 5.13 Å². The van der Waals surface area contributed by atoms with E-state index in [1.165, 1.54) is 26.6 Å². The number of para-hydroxylation sites is 1. The van der Waals surface area contributed by atoms with E-state index in [-0.39, 0.29) is 29.4 Å². The summed E-state index contributed by atoms with van der Waals surface area (Å²) in [6.07, 6.45) is 4.44. The number of nitrogens with zero attached hydrogens (tertiary/aromatic N) is 4. The molecule has 186 valence electrons. The molecule has 7 nitrogen and oxygen atoms in total. The Kier molecular flexibility index (Phi) is 6.83. The minimum absolute atomic E-state index is 0.0812. The molecule has 1 unspecified atom stereocenters. The summed E-state index contributed by atoms with van der Waals surface area (Å²) in [6.45, 7) is 2.54. The van der Waals surface area contributed by atoms with Crippen LogP contribution in [0.1, 0.15) is 24.0 Å². The average molecular weight is 525 g/mol. The third kappa shape index (κ3) is 4.88. The van der Waals surface area contributed by atoms with Crippen molar-refractivity contribution < 1.29 is 17.6 Å². The van der Waals surface area contributed by atoms with Crippen LogP contribution in [0.4, 0.5) is 9.52 Å². The summed E-state index contributed by atoms with van der Waals surface area (Å²) in [6, 6.07) is 15.1. The summed E-state index contributed by atoms with van der Waals surface area (Å²) in [5.74, 6) is -1.23. The van der Waals surface area contributed by atoms with Crippen molar-refractivity contribution in [1.29, 1.82) is 0 Å². The van der Waals surface area contributed by atoms with Crippen LogP contribution in [0.5, 0.6) is 0 Å². The summed E-state index contributed by atoms with van der Waals surface area (Å²) in [4.78, 5) is 24.2. The van der Waals surface area contributed by atoms with Gasteiger partial charge in [-0.15, -0.1) is 0 Å². The third-order valence-corrected chi connectivity index (χ3v) is 9.23. The maximum atomic E-state index is 14.4. The molecule has 0 saturated carbocycles. The first kappa shape index (κ1) is 24.5. The summed E-state index contributed by atoms with van der Waals surface area (Å²) < 4.78 is 43.0. The van der Waals surface area contributed by atoms with E-state index in [1.807, 2.05) is 13.0 Å². The molecule has 2 aromatic heterocycles. The highest BCUT2D eigenvalue weighted by Crippen LogP contribution is 2.33. The molecule has 0 radical (unpaired) electrons. The number of aryl methyl sites for hydroxylation is 1. The predicted molar refractivity (Wildman–Crippen MR) is 138 cm³/mol. The van der Waals surface area contributed by atoms with Crippen LogP contribution in [-0.2, 0) is 21.4 Å². The van der Waals surface area contributed by atoms with Gasteiger partial charge >= 0.3 is 0 Å². The van der Waals surface area contributed by atoms with Crippen LogP contribution < -0.4 is 4.90 Å². The lowest BCUT2D eigenvalue weighted by Gasteiger charge is -2.33. The van der Waals surface area contributed by atoms with Crippen molar-refractivity contribution >= 4 is 42.6 Å². The number of pyridine rings is 1. The number of hydrogen-bond acceptors (Lipinski definition) is 6. The van der Waals surface area contributed by atoms with E-state index in [0.717, 1.165) is 11.1 Å². The Hall–Kier alpha value is -3.21. The van der Waals surface area contributed by atoms with E-state index in [0.29, 0.717) is 29.2 Å². The molecule has 0 aliphatic carbocycles. The van der Waals surface area contributed by atoms with Crippen molar-refractivity contribution in [2.24, 2.45) is 5.92 Å². The fourth-order valence-electron chi connectivity index (χ4n) is 4.37. The standard InChI is InChI=1S/C26H25FN4O3S2/c1-18-9-11-21(12-10-18)36(33,34)30-14-4-6-20(17-30)25(32)31(16-19-5-3-13-28-15-19)26-29-24-22(27)7-2-8-23(24)35-26/h2-3,5,7-13,15,20H,4,6,14,16-17H2,1H3.